The van der Waals surface area contributed by atoms with Crippen LogP contribution in [0.2, 0.25) is 0 Å². The van der Waals surface area contributed by atoms with Crippen LogP contribution in [0.1, 0.15) is 0 Å². The Morgan fingerprint density at radius 2 is 2.50 bits per heavy atom. The van der Waals surface area contributed by atoms with Crippen LogP contribution in [-0.2, 0) is 16.1 Å². The summed E-state index contributed by atoms with van der Waals surface area (Å²) >= 11 is 1.54. The van der Waals surface area contributed by atoms with Crippen molar-refractivity contribution in [3.8, 4) is 11.4 Å². The van der Waals surface area contributed by atoms with Crippen LogP contribution in [0.4, 0.5) is 0 Å². The third-order valence-corrected chi connectivity index (χ3v) is 3.09. The Morgan fingerprint density at radius 1 is 1.65 bits per heavy atom. The van der Waals surface area contributed by atoms with Gasteiger partial charge < -0.3 is 15.2 Å². The predicted octanol–water partition coefficient (Wildman–Crippen LogP) is -0.475. The van der Waals surface area contributed by atoms with Crippen molar-refractivity contribution in [2.45, 2.75) is 12.6 Å². The van der Waals surface area contributed by atoms with E-state index in [4.69, 9.17) is 4.74 Å². The lowest BCUT2D eigenvalue weighted by molar-refractivity contribution is -0.122. The first-order valence-electron chi connectivity index (χ1n) is 5.93. The van der Waals surface area contributed by atoms with Gasteiger partial charge in [-0.25, -0.2) is 0 Å². The van der Waals surface area contributed by atoms with Crippen LogP contribution in [0.25, 0.3) is 11.4 Å². The monoisotopic (exact) mass is 297 g/mol. The molecule has 20 heavy (non-hydrogen) atoms. The third-order valence-electron chi connectivity index (χ3n) is 2.41. The van der Waals surface area contributed by atoms with Crippen molar-refractivity contribution in [3.05, 3.63) is 16.8 Å². The molecule has 0 aliphatic rings. The molecule has 0 bridgehead atoms. The van der Waals surface area contributed by atoms with Gasteiger partial charge in [0.25, 0.3) is 0 Å². The van der Waals surface area contributed by atoms with Crippen molar-refractivity contribution in [3.63, 3.8) is 0 Å². The largest absolute Gasteiger partial charge is 0.389 e. The number of thiophene rings is 1. The Morgan fingerprint density at radius 3 is 3.20 bits per heavy atom. The maximum absolute atomic E-state index is 11.6. The molecule has 0 spiro atoms. The second kappa shape index (κ2) is 7.08. The molecule has 0 radical (unpaired) electrons. The van der Waals surface area contributed by atoms with E-state index in [1.165, 1.54) is 23.2 Å². The van der Waals surface area contributed by atoms with E-state index in [1.54, 1.807) is 0 Å². The highest BCUT2D eigenvalue weighted by atomic mass is 32.1. The van der Waals surface area contributed by atoms with E-state index in [0.717, 1.165) is 5.56 Å². The highest BCUT2D eigenvalue weighted by Gasteiger charge is 2.11. The van der Waals surface area contributed by atoms with E-state index >= 15 is 0 Å². The van der Waals surface area contributed by atoms with Gasteiger partial charge in [-0.05, 0) is 16.7 Å². The molecule has 0 aliphatic carbocycles. The molecule has 0 aromatic carbocycles. The van der Waals surface area contributed by atoms with E-state index in [1.807, 2.05) is 16.8 Å². The first-order chi connectivity index (χ1) is 9.69. The molecule has 9 heteroatoms. The number of carbonyl (C=O) groups is 1. The Hall–Kier alpha value is -1.84. The molecule has 2 aromatic heterocycles. The summed E-state index contributed by atoms with van der Waals surface area (Å²) in [6.45, 7) is 0.250. The van der Waals surface area contributed by atoms with Gasteiger partial charge in [-0.1, -0.05) is 0 Å². The zero-order valence-electron chi connectivity index (χ0n) is 10.9. The molecule has 1 amide bonds. The standard InChI is InChI=1S/C11H15N5O3S/c1-19-6-9(17)4-12-10(18)5-16-14-11(13-15-16)8-2-3-20-7-8/h2-3,7,9,17H,4-6H2,1H3,(H,12,18). The van der Waals surface area contributed by atoms with Gasteiger partial charge in [-0.3, -0.25) is 4.79 Å². The molecule has 0 fully saturated rings. The number of ether oxygens (including phenoxy) is 1. The van der Waals surface area contributed by atoms with E-state index in [-0.39, 0.29) is 25.6 Å². The molecule has 2 rings (SSSR count). The fraction of sp³-hybridized carbons (Fsp3) is 0.455. The first-order valence-corrected chi connectivity index (χ1v) is 6.87. The van der Waals surface area contributed by atoms with Crippen LogP contribution < -0.4 is 5.32 Å². The highest BCUT2D eigenvalue weighted by Crippen LogP contribution is 2.16. The summed E-state index contributed by atoms with van der Waals surface area (Å²) in [4.78, 5) is 12.8. The summed E-state index contributed by atoms with van der Waals surface area (Å²) in [5.74, 6) is 0.188. The molecule has 2 N–H and O–H groups in total. The number of nitrogens with one attached hydrogen (secondary N) is 1. The summed E-state index contributed by atoms with van der Waals surface area (Å²) in [5, 5.41) is 27.6. The van der Waals surface area contributed by atoms with Crippen molar-refractivity contribution in [1.29, 1.82) is 0 Å². The number of rotatable bonds is 7. The summed E-state index contributed by atoms with van der Waals surface area (Å²) in [6.07, 6.45) is -0.728. The van der Waals surface area contributed by atoms with Gasteiger partial charge in [0.2, 0.25) is 11.7 Å². The Bertz CT molecular complexity index is 542. The molecule has 1 atom stereocenters. The van der Waals surface area contributed by atoms with Gasteiger partial charge in [0.1, 0.15) is 6.54 Å². The number of carbonyl (C=O) groups excluding carboxylic acids is 1. The molecule has 1 unspecified atom stereocenters. The lowest BCUT2D eigenvalue weighted by Crippen LogP contribution is -2.36. The molecular weight excluding hydrogens is 282 g/mol. The summed E-state index contributed by atoms with van der Waals surface area (Å²) in [6, 6.07) is 1.88. The lowest BCUT2D eigenvalue weighted by atomic mass is 10.3. The van der Waals surface area contributed by atoms with Crippen LogP contribution in [0.5, 0.6) is 0 Å². The van der Waals surface area contributed by atoms with Gasteiger partial charge in [-0.15, -0.1) is 10.2 Å². The smallest absolute Gasteiger partial charge is 0.243 e. The van der Waals surface area contributed by atoms with Crippen LogP contribution in [-0.4, -0.2) is 57.6 Å². The summed E-state index contributed by atoms with van der Waals surface area (Å²) in [5.41, 5.74) is 0.872. The van der Waals surface area contributed by atoms with Crippen LogP contribution in [0.3, 0.4) is 0 Å². The molecule has 0 aliphatic heterocycles. The molecule has 2 heterocycles. The number of hydrogen-bond acceptors (Lipinski definition) is 7. The first kappa shape index (κ1) is 14.6. The van der Waals surface area contributed by atoms with Gasteiger partial charge in [-0.2, -0.15) is 16.1 Å². The lowest BCUT2D eigenvalue weighted by Gasteiger charge is -2.10. The third kappa shape index (κ3) is 4.08. The van der Waals surface area contributed by atoms with Crippen molar-refractivity contribution >= 4 is 17.2 Å². The van der Waals surface area contributed by atoms with E-state index in [2.05, 4.69) is 20.7 Å². The number of aliphatic hydroxyl groups is 1. The number of nitrogens with zero attached hydrogens (tertiary/aromatic N) is 4. The van der Waals surface area contributed by atoms with Crippen molar-refractivity contribution in [2.24, 2.45) is 0 Å². The second-order valence-corrected chi connectivity index (χ2v) is 4.85. The average molecular weight is 297 g/mol. The molecule has 108 valence electrons. The fourth-order valence-electron chi connectivity index (χ4n) is 1.48. The number of methoxy groups -OCH3 is 1. The molecule has 2 aromatic rings. The minimum Gasteiger partial charge on any atom is -0.389 e. The minimum atomic E-state index is -0.728. The highest BCUT2D eigenvalue weighted by molar-refractivity contribution is 7.08. The molecule has 8 nitrogen and oxygen atoms in total. The van der Waals surface area contributed by atoms with Crippen molar-refractivity contribution in [2.75, 3.05) is 20.3 Å². The number of tetrazole rings is 1. The maximum atomic E-state index is 11.6. The zero-order valence-corrected chi connectivity index (χ0v) is 11.7. The van der Waals surface area contributed by atoms with Gasteiger partial charge in [0, 0.05) is 24.6 Å². The van der Waals surface area contributed by atoms with Crippen LogP contribution in [0, 0.1) is 0 Å². The SMILES string of the molecule is COCC(O)CNC(=O)Cn1nnc(-c2ccsc2)n1. The minimum absolute atomic E-state index is 0.0448. The molecule has 0 saturated carbocycles. The Labute approximate surface area is 119 Å². The summed E-state index contributed by atoms with van der Waals surface area (Å²) < 4.78 is 4.76. The maximum Gasteiger partial charge on any atom is 0.243 e. The van der Waals surface area contributed by atoms with E-state index in [0.29, 0.717) is 5.82 Å². The zero-order chi connectivity index (χ0) is 14.4. The Kier molecular flexibility index (Phi) is 5.16. The fourth-order valence-corrected chi connectivity index (χ4v) is 2.12. The van der Waals surface area contributed by atoms with E-state index < -0.39 is 6.10 Å². The number of aromatic nitrogens is 4. The van der Waals surface area contributed by atoms with Gasteiger partial charge in [0.15, 0.2) is 0 Å². The average Bonchev–Trinajstić information content (AvgIpc) is 3.07. The quantitative estimate of drug-likeness (QED) is 0.716. The number of aliphatic hydroxyl groups excluding tert-OH is 1. The molecule has 0 saturated heterocycles. The van der Waals surface area contributed by atoms with Gasteiger partial charge >= 0.3 is 0 Å². The number of hydrogen-bond donors (Lipinski definition) is 2. The number of amides is 1. The normalized spacial score (nSPS) is 12.3. The van der Waals surface area contributed by atoms with Crippen LogP contribution in [0.15, 0.2) is 16.8 Å². The molecular formula is C11H15N5O3S. The Balaban J connectivity index is 1.83. The van der Waals surface area contributed by atoms with Crippen molar-refractivity contribution < 1.29 is 14.6 Å². The van der Waals surface area contributed by atoms with Gasteiger partial charge in [0.05, 0.1) is 12.7 Å². The van der Waals surface area contributed by atoms with E-state index in [9.17, 15) is 9.90 Å². The van der Waals surface area contributed by atoms with Crippen LogP contribution >= 0.6 is 11.3 Å². The second-order valence-electron chi connectivity index (χ2n) is 4.07. The summed E-state index contributed by atoms with van der Waals surface area (Å²) in [7, 11) is 1.48. The topological polar surface area (TPSA) is 102 Å². The predicted molar refractivity (Wildman–Crippen MR) is 72.0 cm³/mol. The van der Waals surface area contributed by atoms with Crippen molar-refractivity contribution in [1.82, 2.24) is 25.5 Å².